The summed E-state index contributed by atoms with van der Waals surface area (Å²) in [7, 11) is 2.16. The molecular weight excluding hydrogens is 392 g/mol. The predicted molar refractivity (Wildman–Crippen MR) is 119 cm³/mol. The van der Waals surface area contributed by atoms with Crippen molar-refractivity contribution in [3.8, 4) is 11.4 Å². The number of hydrogen-bond donors (Lipinski definition) is 0. The molecule has 158 valence electrons. The fourth-order valence-electron chi connectivity index (χ4n) is 4.14. The summed E-state index contributed by atoms with van der Waals surface area (Å²) in [5, 5.41) is 1.15. The second-order valence-corrected chi connectivity index (χ2v) is 8.07. The van der Waals surface area contributed by atoms with E-state index in [1.807, 2.05) is 6.07 Å². The number of rotatable bonds is 4. The van der Waals surface area contributed by atoms with Crippen LogP contribution >= 0.6 is 0 Å². The Morgan fingerprint density at radius 1 is 0.968 bits per heavy atom. The van der Waals surface area contributed by atoms with Crippen LogP contribution in [-0.4, -0.2) is 34.2 Å². The van der Waals surface area contributed by atoms with Crippen LogP contribution in [0.2, 0.25) is 0 Å². The molecule has 0 amide bonds. The SMILES string of the molecule is [11CH3]N1CCc2cc3cc(-n4ccc(OCc5ccc(F)cc5)cc4=O)ccc3n2CC1. The van der Waals surface area contributed by atoms with Gasteiger partial charge < -0.3 is 14.2 Å². The topological polar surface area (TPSA) is 39.4 Å². The third kappa shape index (κ3) is 3.99. The fraction of sp³-hybridized carbons (Fsp3) is 0.240. The van der Waals surface area contributed by atoms with Gasteiger partial charge in [-0.1, -0.05) is 12.1 Å². The van der Waals surface area contributed by atoms with E-state index in [0.29, 0.717) is 5.75 Å². The molecule has 31 heavy (non-hydrogen) atoms. The molecule has 0 spiro atoms. The van der Waals surface area contributed by atoms with Crippen LogP contribution in [0.1, 0.15) is 11.3 Å². The zero-order valence-electron chi connectivity index (χ0n) is 17.4. The Morgan fingerprint density at radius 3 is 2.61 bits per heavy atom. The second kappa shape index (κ2) is 8.04. The Hall–Kier alpha value is -3.38. The van der Waals surface area contributed by atoms with E-state index in [4.69, 9.17) is 4.74 Å². The van der Waals surface area contributed by atoms with Gasteiger partial charge in [-0.2, -0.15) is 0 Å². The molecule has 3 heterocycles. The number of nitrogens with zero attached hydrogens (tertiary/aromatic N) is 3. The first-order chi connectivity index (χ1) is 15.1. The molecule has 1 aliphatic rings. The van der Waals surface area contributed by atoms with E-state index in [9.17, 15) is 9.18 Å². The highest BCUT2D eigenvalue weighted by Crippen LogP contribution is 2.25. The van der Waals surface area contributed by atoms with Crippen molar-refractivity contribution in [3.05, 3.63) is 94.3 Å². The summed E-state index contributed by atoms with van der Waals surface area (Å²) in [6, 6.07) is 17.8. The summed E-state index contributed by atoms with van der Waals surface area (Å²) in [5.41, 5.74) is 4.07. The van der Waals surface area contributed by atoms with Crippen molar-refractivity contribution in [1.82, 2.24) is 14.0 Å². The molecule has 0 saturated heterocycles. The summed E-state index contributed by atoms with van der Waals surface area (Å²) in [4.78, 5) is 15.1. The Balaban J connectivity index is 1.38. The van der Waals surface area contributed by atoms with Crippen molar-refractivity contribution < 1.29 is 9.13 Å². The first-order valence-electron chi connectivity index (χ1n) is 10.5. The van der Waals surface area contributed by atoms with E-state index in [1.54, 1.807) is 29.0 Å². The van der Waals surface area contributed by atoms with Crippen LogP contribution in [0.5, 0.6) is 5.75 Å². The molecule has 0 aliphatic carbocycles. The van der Waals surface area contributed by atoms with Crippen LogP contribution in [0, 0.1) is 5.82 Å². The fourth-order valence-corrected chi connectivity index (χ4v) is 4.14. The van der Waals surface area contributed by atoms with Crippen molar-refractivity contribution in [2.24, 2.45) is 0 Å². The molecule has 2 aromatic carbocycles. The minimum Gasteiger partial charge on any atom is -0.489 e. The largest absolute Gasteiger partial charge is 0.489 e. The van der Waals surface area contributed by atoms with Gasteiger partial charge in [0.15, 0.2) is 0 Å². The minimum absolute atomic E-state index is 0.154. The molecule has 0 radical (unpaired) electrons. The third-order valence-electron chi connectivity index (χ3n) is 5.91. The van der Waals surface area contributed by atoms with E-state index in [2.05, 4.69) is 34.7 Å². The summed E-state index contributed by atoms with van der Waals surface area (Å²) in [5.74, 6) is 0.210. The maximum Gasteiger partial charge on any atom is 0.258 e. The lowest BCUT2D eigenvalue weighted by Gasteiger charge is -2.12. The maximum absolute atomic E-state index is 13.0. The molecular formula is C25H24FN3O2. The lowest BCUT2D eigenvalue weighted by Crippen LogP contribution is -2.21. The van der Waals surface area contributed by atoms with Gasteiger partial charge in [-0.15, -0.1) is 0 Å². The standard InChI is InChI=1S/C25H24FN3O2/c1-27-10-8-22-15-19-14-21(6-7-24(19)28(22)13-12-27)29-11-9-23(16-25(29)30)31-17-18-2-4-20(26)5-3-18/h2-7,9,11,14-16H,8,10,12-13,17H2,1H3/i1-1. The summed E-state index contributed by atoms with van der Waals surface area (Å²) in [6.45, 7) is 3.36. The number of fused-ring (bicyclic) bond motifs is 3. The quantitative estimate of drug-likeness (QED) is 0.505. The van der Waals surface area contributed by atoms with Crippen molar-refractivity contribution in [2.75, 3.05) is 20.1 Å². The van der Waals surface area contributed by atoms with E-state index in [1.165, 1.54) is 29.4 Å². The first kappa shape index (κ1) is 19.6. The normalized spacial score (nSPS) is 14.4. The van der Waals surface area contributed by atoms with Gasteiger partial charge in [0.2, 0.25) is 0 Å². The molecule has 5 rings (SSSR count). The van der Waals surface area contributed by atoms with Crippen molar-refractivity contribution >= 4 is 10.9 Å². The zero-order chi connectivity index (χ0) is 21.4. The smallest absolute Gasteiger partial charge is 0.258 e. The van der Waals surface area contributed by atoms with E-state index in [-0.39, 0.29) is 18.0 Å². The van der Waals surface area contributed by atoms with Crippen molar-refractivity contribution in [1.29, 1.82) is 0 Å². The van der Waals surface area contributed by atoms with Gasteiger partial charge in [0.1, 0.15) is 18.2 Å². The van der Waals surface area contributed by atoms with Gasteiger partial charge in [-0.05, 0) is 55.1 Å². The highest BCUT2D eigenvalue weighted by molar-refractivity contribution is 5.83. The number of pyridine rings is 1. The van der Waals surface area contributed by atoms with Crippen LogP contribution in [-0.2, 0) is 19.6 Å². The highest BCUT2D eigenvalue weighted by atomic mass is 19.1. The number of hydrogen-bond acceptors (Lipinski definition) is 3. The Morgan fingerprint density at radius 2 is 1.81 bits per heavy atom. The molecule has 0 N–H and O–H groups in total. The lowest BCUT2D eigenvalue weighted by atomic mass is 10.2. The highest BCUT2D eigenvalue weighted by Gasteiger charge is 2.15. The molecule has 1 aliphatic heterocycles. The average Bonchev–Trinajstić information content (AvgIpc) is 3.02. The van der Waals surface area contributed by atoms with Gasteiger partial charge in [0.25, 0.3) is 5.56 Å². The number of halogens is 1. The monoisotopic (exact) mass is 416 g/mol. The van der Waals surface area contributed by atoms with Crippen LogP contribution in [0.4, 0.5) is 4.39 Å². The first-order valence-corrected chi connectivity index (χ1v) is 10.5. The van der Waals surface area contributed by atoms with E-state index < -0.39 is 0 Å². The molecule has 6 heteroatoms. The van der Waals surface area contributed by atoms with Gasteiger partial charge in [0, 0.05) is 60.6 Å². The zero-order valence-corrected chi connectivity index (χ0v) is 17.4. The second-order valence-electron chi connectivity index (χ2n) is 8.07. The molecule has 0 bridgehead atoms. The lowest BCUT2D eigenvalue weighted by molar-refractivity contribution is 0.305. The molecule has 4 aromatic rings. The van der Waals surface area contributed by atoms with Gasteiger partial charge in [-0.3, -0.25) is 9.36 Å². The molecule has 0 fully saturated rings. The van der Waals surface area contributed by atoms with Gasteiger partial charge in [-0.25, -0.2) is 4.39 Å². The summed E-state index contributed by atoms with van der Waals surface area (Å²) >= 11 is 0. The minimum atomic E-state index is -0.282. The Kier molecular flexibility index (Phi) is 5.08. The third-order valence-corrected chi connectivity index (χ3v) is 5.91. The number of ether oxygens (including phenoxy) is 1. The maximum atomic E-state index is 13.0. The molecule has 0 saturated carbocycles. The predicted octanol–water partition coefficient (Wildman–Crippen LogP) is 4.00. The van der Waals surface area contributed by atoms with Crippen molar-refractivity contribution in [2.45, 2.75) is 19.6 Å². The Bertz CT molecular complexity index is 1290. The summed E-state index contributed by atoms with van der Waals surface area (Å²) in [6.07, 6.45) is 2.76. The Labute approximate surface area is 179 Å². The van der Waals surface area contributed by atoms with Crippen LogP contribution in [0.3, 0.4) is 0 Å². The van der Waals surface area contributed by atoms with E-state index >= 15 is 0 Å². The molecule has 2 aromatic heterocycles. The van der Waals surface area contributed by atoms with Crippen molar-refractivity contribution in [3.63, 3.8) is 0 Å². The molecule has 0 atom stereocenters. The average molecular weight is 416 g/mol. The summed E-state index contributed by atoms with van der Waals surface area (Å²) < 4.78 is 22.7. The van der Waals surface area contributed by atoms with Gasteiger partial charge in [0.05, 0.1) is 0 Å². The van der Waals surface area contributed by atoms with Crippen LogP contribution in [0.15, 0.2) is 71.7 Å². The van der Waals surface area contributed by atoms with Crippen LogP contribution in [0.25, 0.3) is 16.6 Å². The van der Waals surface area contributed by atoms with E-state index in [0.717, 1.165) is 42.7 Å². The van der Waals surface area contributed by atoms with Gasteiger partial charge >= 0.3 is 0 Å². The van der Waals surface area contributed by atoms with Crippen LogP contribution < -0.4 is 10.3 Å². The molecule has 5 nitrogen and oxygen atoms in total. The molecule has 0 unspecified atom stereocenters. The number of aromatic nitrogens is 2. The number of benzene rings is 2. The number of likely N-dealkylation sites (N-methyl/N-ethyl adjacent to an activating group) is 1.